The molecule has 2 heterocycles. The Hall–Kier alpha value is -3.32. The summed E-state index contributed by atoms with van der Waals surface area (Å²) in [6.07, 6.45) is 1.36. The lowest BCUT2D eigenvalue weighted by Crippen LogP contribution is -2.45. The van der Waals surface area contributed by atoms with Crippen LogP contribution in [0.4, 0.5) is 4.79 Å². The van der Waals surface area contributed by atoms with Crippen LogP contribution in [0.15, 0.2) is 48.5 Å². The summed E-state index contributed by atoms with van der Waals surface area (Å²) in [6.45, 7) is 6.46. The van der Waals surface area contributed by atoms with Crippen molar-refractivity contribution in [3.8, 4) is 0 Å². The highest BCUT2D eigenvalue weighted by Crippen LogP contribution is 2.28. The number of para-hydroxylation sites is 1. The number of aromatic nitrogens is 1. The van der Waals surface area contributed by atoms with E-state index in [2.05, 4.69) is 5.32 Å². The zero-order valence-electron chi connectivity index (χ0n) is 19.2. The average molecular weight is 450 g/mol. The molecule has 4 rings (SSSR count). The Bertz CT molecular complexity index is 1130. The fourth-order valence-corrected chi connectivity index (χ4v) is 4.57. The molecule has 1 fully saturated rings. The van der Waals surface area contributed by atoms with Gasteiger partial charge in [0, 0.05) is 48.7 Å². The Balaban J connectivity index is 1.55. The molecule has 174 valence electrons. The van der Waals surface area contributed by atoms with Gasteiger partial charge in [0.2, 0.25) is 0 Å². The Labute approximate surface area is 194 Å². The maximum atomic E-state index is 12.4. The van der Waals surface area contributed by atoms with Crippen molar-refractivity contribution < 1.29 is 19.4 Å². The van der Waals surface area contributed by atoms with Crippen LogP contribution >= 0.6 is 0 Å². The van der Waals surface area contributed by atoms with E-state index in [0.29, 0.717) is 38.5 Å². The number of aromatic carboxylic acids is 1. The van der Waals surface area contributed by atoms with E-state index in [-0.39, 0.29) is 12.1 Å². The number of benzene rings is 2. The summed E-state index contributed by atoms with van der Waals surface area (Å²) in [5.74, 6) is -0.924. The number of hydrogen-bond donors (Lipinski definition) is 2. The molecule has 7 nitrogen and oxygen atoms in total. The third-order valence-corrected chi connectivity index (χ3v) is 6.33. The van der Waals surface area contributed by atoms with Gasteiger partial charge in [-0.1, -0.05) is 48.0 Å². The number of carbonyl (C=O) groups excluding carboxylic acids is 1. The van der Waals surface area contributed by atoms with Gasteiger partial charge in [0.05, 0.1) is 6.61 Å². The summed E-state index contributed by atoms with van der Waals surface area (Å²) in [5.41, 5.74) is 4.29. The third kappa shape index (κ3) is 5.03. The summed E-state index contributed by atoms with van der Waals surface area (Å²) in [4.78, 5) is 26.1. The number of hydrogen-bond acceptors (Lipinski definition) is 4. The predicted octanol–water partition coefficient (Wildman–Crippen LogP) is 4.41. The van der Waals surface area contributed by atoms with Gasteiger partial charge in [-0.25, -0.2) is 9.59 Å². The first kappa shape index (κ1) is 22.9. The van der Waals surface area contributed by atoms with Crippen LogP contribution in [0.3, 0.4) is 0 Å². The van der Waals surface area contributed by atoms with E-state index in [1.165, 1.54) is 5.56 Å². The summed E-state index contributed by atoms with van der Waals surface area (Å²) in [6, 6.07) is 16.3. The minimum atomic E-state index is -0.924. The Morgan fingerprint density at radius 3 is 2.45 bits per heavy atom. The standard InChI is InChI=1S/C26H31N3O4/c1-3-33-26(32)28-14-12-20(13-15-28)27-16-22-21-6-4-5-7-23(21)29(24(22)25(30)31)17-19-10-8-18(2)9-11-19/h4-11,20,27H,3,12-17H2,1-2H3,(H,30,31). The van der Waals surface area contributed by atoms with E-state index in [4.69, 9.17) is 4.74 Å². The lowest BCUT2D eigenvalue weighted by Gasteiger charge is -2.31. The van der Waals surface area contributed by atoms with Crippen LogP contribution in [0.25, 0.3) is 10.9 Å². The van der Waals surface area contributed by atoms with Crippen LogP contribution < -0.4 is 5.32 Å². The van der Waals surface area contributed by atoms with Gasteiger partial charge in [0.15, 0.2) is 0 Å². The van der Waals surface area contributed by atoms with Gasteiger partial charge < -0.3 is 24.6 Å². The van der Waals surface area contributed by atoms with Gasteiger partial charge >= 0.3 is 12.1 Å². The van der Waals surface area contributed by atoms with E-state index in [1.807, 2.05) is 66.9 Å². The normalized spacial score (nSPS) is 14.5. The second-order valence-electron chi connectivity index (χ2n) is 8.56. The van der Waals surface area contributed by atoms with Gasteiger partial charge in [-0.05, 0) is 38.3 Å². The van der Waals surface area contributed by atoms with Crippen LogP contribution in [0.2, 0.25) is 0 Å². The molecule has 7 heteroatoms. The molecule has 0 saturated carbocycles. The van der Waals surface area contributed by atoms with Crippen molar-refractivity contribution in [2.45, 2.75) is 45.8 Å². The molecule has 2 aromatic carbocycles. The number of aryl methyl sites for hydroxylation is 1. The topological polar surface area (TPSA) is 83.8 Å². The van der Waals surface area contributed by atoms with Crippen LogP contribution in [0.5, 0.6) is 0 Å². The largest absolute Gasteiger partial charge is 0.477 e. The van der Waals surface area contributed by atoms with Crippen molar-refractivity contribution in [1.29, 1.82) is 0 Å². The molecule has 0 atom stereocenters. The van der Waals surface area contributed by atoms with Crippen molar-refractivity contribution in [2.75, 3.05) is 19.7 Å². The smallest absolute Gasteiger partial charge is 0.409 e. The molecule has 1 saturated heterocycles. The van der Waals surface area contributed by atoms with Crippen LogP contribution in [-0.2, 0) is 17.8 Å². The third-order valence-electron chi connectivity index (χ3n) is 6.33. The quantitative estimate of drug-likeness (QED) is 0.558. The number of piperidine rings is 1. The predicted molar refractivity (Wildman–Crippen MR) is 128 cm³/mol. The zero-order valence-corrected chi connectivity index (χ0v) is 19.2. The summed E-state index contributed by atoms with van der Waals surface area (Å²) >= 11 is 0. The van der Waals surface area contributed by atoms with E-state index in [1.54, 1.807) is 4.90 Å². The number of carboxylic acid groups (broad SMARTS) is 1. The molecule has 0 aliphatic carbocycles. The summed E-state index contributed by atoms with van der Waals surface area (Å²) < 4.78 is 7.00. The number of carbonyl (C=O) groups is 2. The molecule has 2 N–H and O–H groups in total. The van der Waals surface area contributed by atoms with Crippen molar-refractivity contribution >= 4 is 23.0 Å². The molecule has 1 amide bonds. The first-order valence-electron chi connectivity index (χ1n) is 11.5. The lowest BCUT2D eigenvalue weighted by atomic mass is 10.0. The zero-order chi connectivity index (χ0) is 23.4. The van der Waals surface area contributed by atoms with Crippen LogP contribution in [-0.4, -0.2) is 52.4 Å². The van der Waals surface area contributed by atoms with Gasteiger partial charge in [0.1, 0.15) is 5.69 Å². The lowest BCUT2D eigenvalue weighted by molar-refractivity contribution is 0.0683. The Morgan fingerprint density at radius 1 is 1.09 bits per heavy atom. The van der Waals surface area contributed by atoms with E-state index in [9.17, 15) is 14.7 Å². The molecule has 1 aliphatic rings. The number of carboxylic acids is 1. The minimum absolute atomic E-state index is 0.219. The van der Waals surface area contributed by atoms with E-state index < -0.39 is 5.97 Å². The molecule has 3 aromatic rings. The molecule has 0 unspecified atom stereocenters. The number of rotatable bonds is 7. The maximum absolute atomic E-state index is 12.4. The minimum Gasteiger partial charge on any atom is -0.477 e. The fourth-order valence-electron chi connectivity index (χ4n) is 4.57. The first-order valence-corrected chi connectivity index (χ1v) is 11.5. The highest BCUT2D eigenvalue weighted by molar-refractivity contribution is 5.98. The van der Waals surface area contributed by atoms with E-state index in [0.717, 1.165) is 34.9 Å². The first-order chi connectivity index (χ1) is 16.0. The molecular formula is C26H31N3O4. The van der Waals surface area contributed by atoms with Crippen molar-refractivity contribution in [1.82, 2.24) is 14.8 Å². The van der Waals surface area contributed by atoms with Gasteiger partial charge in [0.25, 0.3) is 0 Å². The highest BCUT2D eigenvalue weighted by atomic mass is 16.6. The van der Waals surface area contributed by atoms with Crippen LogP contribution in [0, 0.1) is 6.92 Å². The Morgan fingerprint density at radius 2 is 1.79 bits per heavy atom. The number of likely N-dealkylation sites (tertiary alicyclic amines) is 1. The maximum Gasteiger partial charge on any atom is 0.409 e. The molecule has 33 heavy (non-hydrogen) atoms. The number of nitrogens with one attached hydrogen (secondary N) is 1. The molecule has 0 spiro atoms. The van der Waals surface area contributed by atoms with Crippen molar-refractivity contribution in [3.05, 3.63) is 70.9 Å². The SMILES string of the molecule is CCOC(=O)N1CCC(NCc2c(C(=O)O)n(Cc3ccc(C)cc3)c3ccccc23)CC1. The molecule has 1 aromatic heterocycles. The average Bonchev–Trinajstić information content (AvgIpc) is 3.13. The fraction of sp³-hybridized carbons (Fsp3) is 0.385. The molecule has 1 aliphatic heterocycles. The summed E-state index contributed by atoms with van der Waals surface area (Å²) in [7, 11) is 0. The number of amides is 1. The Kier molecular flexibility index (Phi) is 6.99. The monoisotopic (exact) mass is 449 g/mol. The van der Waals surface area contributed by atoms with Gasteiger partial charge in [-0.15, -0.1) is 0 Å². The molecule has 0 bridgehead atoms. The van der Waals surface area contributed by atoms with Gasteiger partial charge in [-0.3, -0.25) is 0 Å². The second kappa shape index (κ2) is 10.1. The number of nitrogens with zero attached hydrogens (tertiary/aromatic N) is 2. The van der Waals surface area contributed by atoms with Crippen molar-refractivity contribution in [3.63, 3.8) is 0 Å². The second-order valence-corrected chi connectivity index (χ2v) is 8.56. The molecule has 0 radical (unpaired) electrons. The van der Waals surface area contributed by atoms with Gasteiger partial charge in [-0.2, -0.15) is 0 Å². The molecular weight excluding hydrogens is 418 g/mol. The number of fused-ring (bicyclic) bond motifs is 1. The van der Waals surface area contributed by atoms with Crippen molar-refractivity contribution in [2.24, 2.45) is 0 Å². The number of ether oxygens (including phenoxy) is 1. The highest BCUT2D eigenvalue weighted by Gasteiger charge is 2.26. The van der Waals surface area contributed by atoms with E-state index >= 15 is 0 Å². The van der Waals surface area contributed by atoms with Crippen LogP contribution in [0.1, 0.15) is 46.9 Å². The summed E-state index contributed by atoms with van der Waals surface area (Å²) in [5, 5.41) is 14.6.